The molecule has 2 rings (SSSR count). The lowest BCUT2D eigenvalue weighted by molar-refractivity contribution is -0.116. The molecule has 1 aromatic carbocycles. The maximum atomic E-state index is 12.0. The van der Waals surface area contributed by atoms with E-state index in [0.29, 0.717) is 30.7 Å². The van der Waals surface area contributed by atoms with Crippen LogP contribution in [0.25, 0.3) is 0 Å². The highest BCUT2D eigenvalue weighted by Crippen LogP contribution is 2.12. The van der Waals surface area contributed by atoms with E-state index in [1.54, 1.807) is 19.3 Å². The van der Waals surface area contributed by atoms with E-state index in [4.69, 9.17) is 0 Å². The molecule has 7 heteroatoms. The van der Waals surface area contributed by atoms with Crippen molar-refractivity contribution in [1.82, 2.24) is 15.6 Å². The second kappa shape index (κ2) is 12.3. The first-order valence-corrected chi connectivity index (χ1v) is 8.80. The molecule has 27 heavy (non-hydrogen) atoms. The van der Waals surface area contributed by atoms with E-state index in [2.05, 4.69) is 45.0 Å². The maximum Gasteiger partial charge on any atom is 0.227 e. The van der Waals surface area contributed by atoms with E-state index in [0.717, 1.165) is 12.1 Å². The number of aryl methyl sites for hydroxylation is 1. The summed E-state index contributed by atoms with van der Waals surface area (Å²) < 4.78 is 0. The first-order valence-electron chi connectivity index (χ1n) is 8.80. The molecule has 3 N–H and O–H groups in total. The smallest absolute Gasteiger partial charge is 0.227 e. The van der Waals surface area contributed by atoms with Crippen LogP contribution in [0.4, 0.5) is 5.82 Å². The molecule has 2 aromatic rings. The molecule has 0 aliphatic carbocycles. The molecule has 146 valence electrons. The number of nitrogens with zero attached hydrogens (tertiary/aromatic N) is 2. The lowest BCUT2D eigenvalue weighted by Gasteiger charge is -2.16. The summed E-state index contributed by atoms with van der Waals surface area (Å²) in [7, 11) is 1.72. The van der Waals surface area contributed by atoms with Crippen molar-refractivity contribution >= 4 is 41.7 Å². The molecular weight excluding hydrogens is 453 g/mol. The fourth-order valence-corrected chi connectivity index (χ4v) is 2.41. The van der Waals surface area contributed by atoms with Crippen molar-refractivity contribution in [1.29, 1.82) is 0 Å². The Morgan fingerprint density at radius 3 is 2.52 bits per heavy atom. The van der Waals surface area contributed by atoms with Crippen LogP contribution in [0, 0.1) is 6.92 Å². The van der Waals surface area contributed by atoms with Crippen molar-refractivity contribution < 1.29 is 4.79 Å². The minimum Gasteiger partial charge on any atom is -0.356 e. The fourth-order valence-electron chi connectivity index (χ4n) is 2.41. The van der Waals surface area contributed by atoms with Gasteiger partial charge in [-0.3, -0.25) is 9.79 Å². The van der Waals surface area contributed by atoms with Crippen molar-refractivity contribution in [2.75, 3.05) is 25.5 Å². The van der Waals surface area contributed by atoms with E-state index in [1.807, 2.05) is 31.2 Å². The zero-order valence-electron chi connectivity index (χ0n) is 16.0. The van der Waals surface area contributed by atoms with Crippen molar-refractivity contribution in [3.8, 4) is 0 Å². The van der Waals surface area contributed by atoms with Crippen molar-refractivity contribution in [3.05, 3.63) is 59.8 Å². The van der Waals surface area contributed by atoms with Crippen LogP contribution in [0.15, 0.2) is 53.7 Å². The summed E-state index contributed by atoms with van der Waals surface area (Å²) in [5.41, 5.74) is 2.34. The van der Waals surface area contributed by atoms with Crippen LogP contribution in [-0.4, -0.2) is 37.0 Å². The number of anilines is 1. The second-order valence-corrected chi connectivity index (χ2v) is 6.21. The van der Waals surface area contributed by atoms with Gasteiger partial charge >= 0.3 is 0 Å². The second-order valence-electron chi connectivity index (χ2n) is 6.21. The average Bonchev–Trinajstić information content (AvgIpc) is 2.66. The summed E-state index contributed by atoms with van der Waals surface area (Å²) in [5, 5.41) is 9.23. The summed E-state index contributed by atoms with van der Waals surface area (Å²) in [4.78, 5) is 20.3. The molecule has 1 heterocycles. The number of rotatable bonds is 7. The van der Waals surface area contributed by atoms with Gasteiger partial charge < -0.3 is 16.0 Å². The summed E-state index contributed by atoms with van der Waals surface area (Å²) in [6.45, 7) is 5.39. The van der Waals surface area contributed by atoms with Crippen LogP contribution in [-0.2, 0) is 4.79 Å². The largest absolute Gasteiger partial charge is 0.356 e. The number of hydrogen-bond donors (Lipinski definition) is 3. The van der Waals surface area contributed by atoms with E-state index in [-0.39, 0.29) is 29.9 Å². The Labute approximate surface area is 178 Å². The zero-order chi connectivity index (χ0) is 18.8. The molecule has 0 radical (unpaired) electrons. The van der Waals surface area contributed by atoms with Crippen molar-refractivity contribution in [2.45, 2.75) is 26.2 Å². The molecular formula is C20H28IN5O. The quantitative estimate of drug-likeness (QED) is 0.322. The average molecular weight is 481 g/mol. The lowest BCUT2D eigenvalue weighted by atomic mass is 10.0. The Kier molecular flexibility index (Phi) is 10.4. The monoisotopic (exact) mass is 481 g/mol. The van der Waals surface area contributed by atoms with Gasteiger partial charge in [0.1, 0.15) is 5.82 Å². The predicted molar refractivity (Wildman–Crippen MR) is 122 cm³/mol. The van der Waals surface area contributed by atoms with Crippen LogP contribution in [0.2, 0.25) is 0 Å². The topological polar surface area (TPSA) is 78.4 Å². The molecule has 1 amide bonds. The molecule has 0 bridgehead atoms. The first-order chi connectivity index (χ1) is 12.6. The van der Waals surface area contributed by atoms with E-state index in [9.17, 15) is 4.79 Å². The van der Waals surface area contributed by atoms with E-state index in [1.165, 1.54) is 5.56 Å². The molecule has 1 unspecified atom stereocenters. The van der Waals surface area contributed by atoms with Gasteiger partial charge in [-0.05, 0) is 30.0 Å². The van der Waals surface area contributed by atoms with Crippen molar-refractivity contribution in [2.24, 2.45) is 4.99 Å². The van der Waals surface area contributed by atoms with Gasteiger partial charge in [0.05, 0.1) is 0 Å². The van der Waals surface area contributed by atoms with Crippen molar-refractivity contribution in [3.63, 3.8) is 0 Å². The fraction of sp³-hybridized carbons (Fsp3) is 0.350. The number of guanidine groups is 1. The van der Waals surface area contributed by atoms with Gasteiger partial charge in [-0.15, -0.1) is 24.0 Å². The van der Waals surface area contributed by atoms with Crippen LogP contribution >= 0.6 is 24.0 Å². The van der Waals surface area contributed by atoms with E-state index < -0.39 is 0 Å². The Balaban J connectivity index is 0.00000364. The highest BCUT2D eigenvalue weighted by Gasteiger charge is 2.07. The number of aliphatic imine (C=N–C) groups is 1. The Morgan fingerprint density at radius 1 is 1.15 bits per heavy atom. The minimum absolute atomic E-state index is 0. The van der Waals surface area contributed by atoms with E-state index >= 15 is 0 Å². The third-order valence-corrected chi connectivity index (χ3v) is 3.99. The predicted octanol–water partition coefficient (Wildman–Crippen LogP) is 3.31. The molecule has 1 aromatic heterocycles. The molecule has 0 aliphatic heterocycles. The third-order valence-electron chi connectivity index (χ3n) is 3.99. The molecule has 0 aliphatic rings. The number of pyridine rings is 1. The van der Waals surface area contributed by atoms with Gasteiger partial charge in [-0.1, -0.05) is 43.3 Å². The maximum absolute atomic E-state index is 12.0. The van der Waals surface area contributed by atoms with Gasteiger partial charge in [0.2, 0.25) is 5.91 Å². The Hall–Kier alpha value is -2.16. The van der Waals surface area contributed by atoms with Crippen LogP contribution < -0.4 is 16.0 Å². The number of aromatic nitrogens is 1. The standard InChI is InChI=1S/C20H27N5O.HI/c1-15-9-10-18(23-13-15)25-19(26)11-12-22-20(21-3)24-14-16(2)17-7-5-4-6-8-17;/h4-10,13,16H,11-12,14H2,1-3H3,(H2,21,22,24)(H,23,25,26);1H. The normalized spacial score (nSPS) is 11.9. The number of carbonyl (C=O) groups is 1. The summed E-state index contributed by atoms with van der Waals surface area (Å²) >= 11 is 0. The first kappa shape index (κ1) is 22.9. The summed E-state index contributed by atoms with van der Waals surface area (Å²) in [5.74, 6) is 1.54. The Morgan fingerprint density at radius 2 is 1.89 bits per heavy atom. The molecule has 6 nitrogen and oxygen atoms in total. The number of amides is 1. The number of halogens is 1. The van der Waals surface area contributed by atoms with Gasteiger partial charge in [0, 0.05) is 32.8 Å². The van der Waals surface area contributed by atoms with Gasteiger partial charge in [-0.2, -0.15) is 0 Å². The van der Waals surface area contributed by atoms with Gasteiger partial charge in [-0.25, -0.2) is 4.98 Å². The molecule has 1 atom stereocenters. The minimum atomic E-state index is -0.0815. The van der Waals surface area contributed by atoms with Gasteiger partial charge in [0.25, 0.3) is 0 Å². The highest BCUT2D eigenvalue weighted by molar-refractivity contribution is 14.0. The number of hydrogen-bond acceptors (Lipinski definition) is 3. The van der Waals surface area contributed by atoms with Crippen LogP contribution in [0.1, 0.15) is 30.4 Å². The molecule has 0 saturated carbocycles. The Bertz CT molecular complexity index is 719. The van der Waals surface area contributed by atoms with Gasteiger partial charge in [0.15, 0.2) is 5.96 Å². The number of carbonyl (C=O) groups excluding carboxylic acids is 1. The lowest BCUT2D eigenvalue weighted by Crippen LogP contribution is -2.40. The third kappa shape index (κ3) is 8.38. The molecule has 0 saturated heterocycles. The highest BCUT2D eigenvalue weighted by atomic mass is 127. The van der Waals surface area contributed by atoms with Crippen LogP contribution in [0.3, 0.4) is 0 Å². The summed E-state index contributed by atoms with van der Waals surface area (Å²) in [6.07, 6.45) is 2.07. The molecule has 0 spiro atoms. The zero-order valence-corrected chi connectivity index (χ0v) is 18.4. The van der Waals surface area contributed by atoms with Crippen LogP contribution in [0.5, 0.6) is 0 Å². The number of benzene rings is 1. The summed E-state index contributed by atoms with van der Waals surface area (Å²) in [6, 6.07) is 14.0. The number of nitrogens with one attached hydrogen (secondary N) is 3. The molecule has 0 fully saturated rings. The SMILES string of the molecule is CN=C(NCCC(=O)Nc1ccc(C)cn1)NCC(C)c1ccccc1.I.